The summed E-state index contributed by atoms with van der Waals surface area (Å²) in [5, 5.41) is 4.07. The number of carbonyl (C=O) groups excluding carboxylic acids is 1. The van der Waals surface area contributed by atoms with Gasteiger partial charge in [-0.25, -0.2) is 4.79 Å². The average Bonchev–Trinajstić information content (AvgIpc) is 2.84. The van der Waals surface area contributed by atoms with Gasteiger partial charge >= 0.3 is 6.09 Å². The smallest absolute Gasteiger partial charge is 0.410 e. The number of likely N-dealkylation sites (tertiary alicyclic amines) is 1. The van der Waals surface area contributed by atoms with E-state index in [1.54, 1.807) is 0 Å². The van der Waals surface area contributed by atoms with Crippen molar-refractivity contribution in [3.05, 3.63) is 48.0 Å². The maximum atomic E-state index is 12.7. The molecule has 1 fully saturated rings. The van der Waals surface area contributed by atoms with Gasteiger partial charge in [-0.1, -0.05) is 43.3 Å². The van der Waals surface area contributed by atoms with Gasteiger partial charge in [0.05, 0.1) is 13.2 Å². The second-order valence-corrected chi connectivity index (χ2v) is 8.20. The quantitative estimate of drug-likeness (QED) is 0.380. The van der Waals surface area contributed by atoms with Crippen LogP contribution in [0.25, 0.3) is 21.5 Å². The first-order valence-electron chi connectivity index (χ1n) is 11.9. The fraction of sp³-hybridized carbons (Fsp3) is 0.444. The minimum atomic E-state index is -0.301. The Bertz CT molecular complexity index is 1090. The highest BCUT2D eigenvalue weighted by Crippen LogP contribution is 2.44. The molecular formula is C27H33NO4. The van der Waals surface area contributed by atoms with Crippen LogP contribution >= 0.6 is 0 Å². The molecule has 1 heterocycles. The zero-order chi connectivity index (χ0) is 22.5. The Kier molecular flexibility index (Phi) is 7.03. The maximum absolute atomic E-state index is 12.7. The number of carbonyl (C=O) groups is 1. The normalized spacial score (nSPS) is 15.0. The number of rotatable bonds is 7. The third kappa shape index (κ3) is 4.34. The van der Waals surface area contributed by atoms with Crippen LogP contribution in [-0.4, -0.2) is 37.3 Å². The molecule has 0 saturated carbocycles. The van der Waals surface area contributed by atoms with E-state index < -0.39 is 0 Å². The molecule has 0 N–H and O–H groups in total. The van der Waals surface area contributed by atoms with Gasteiger partial charge in [0.25, 0.3) is 0 Å². The number of amides is 1. The Hall–Kier alpha value is -2.95. The Morgan fingerprint density at radius 3 is 2.03 bits per heavy atom. The molecule has 1 saturated heterocycles. The van der Waals surface area contributed by atoms with Crippen LogP contribution in [0.3, 0.4) is 0 Å². The number of hydrogen-bond donors (Lipinski definition) is 0. The first-order chi connectivity index (χ1) is 15.7. The topological polar surface area (TPSA) is 48.0 Å². The van der Waals surface area contributed by atoms with Crippen LogP contribution in [0, 0.1) is 0 Å². The largest absolute Gasteiger partial charge is 0.493 e. The van der Waals surface area contributed by atoms with E-state index in [-0.39, 0.29) is 12.2 Å². The van der Waals surface area contributed by atoms with E-state index >= 15 is 0 Å². The number of nitrogens with zero attached hydrogens (tertiary/aromatic N) is 1. The van der Waals surface area contributed by atoms with Crippen LogP contribution in [0.2, 0.25) is 0 Å². The van der Waals surface area contributed by atoms with E-state index in [9.17, 15) is 4.79 Å². The SMILES string of the molecule is CCOc1c2ccccc2c(OCC)c2cc(C(CC)OC(=O)N3CCCCC3)ccc12. The highest BCUT2D eigenvalue weighted by atomic mass is 16.6. The van der Waals surface area contributed by atoms with Crippen LogP contribution in [0.1, 0.15) is 58.1 Å². The van der Waals surface area contributed by atoms with Gasteiger partial charge in [0, 0.05) is 34.6 Å². The van der Waals surface area contributed by atoms with Gasteiger partial charge in [-0.2, -0.15) is 0 Å². The molecule has 0 aliphatic carbocycles. The van der Waals surface area contributed by atoms with Crippen LogP contribution in [0.15, 0.2) is 42.5 Å². The van der Waals surface area contributed by atoms with Gasteiger partial charge in [0.2, 0.25) is 0 Å². The molecule has 5 heteroatoms. The summed E-state index contributed by atoms with van der Waals surface area (Å²) in [6, 6.07) is 14.4. The van der Waals surface area contributed by atoms with Crippen molar-refractivity contribution in [3.8, 4) is 11.5 Å². The molecule has 3 aromatic rings. The van der Waals surface area contributed by atoms with Crippen LogP contribution in [-0.2, 0) is 4.74 Å². The van der Waals surface area contributed by atoms with Crippen LogP contribution in [0.5, 0.6) is 11.5 Å². The molecular weight excluding hydrogens is 402 g/mol. The van der Waals surface area contributed by atoms with E-state index in [2.05, 4.69) is 24.3 Å². The number of piperidine rings is 1. The predicted molar refractivity (Wildman–Crippen MR) is 129 cm³/mol. The second-order valence-electron chi connectivity index (χ2n) is 8.20. The Labute approximate surface area is 190 Å². The summed E-state index contributed by atoms with van der Waals surface area (Å²) < 4.78 is 18.2. The van der Waals surface area contributed by atoms with E-state index in [1.165, 1.54) is 6.42 Å². The van der Waals surface area contributed by atoms with Gasteiger partial charge in [0.1, 0.15) is 17.6 Å². The highest BCUT2D eigenvalue weighted by Gasteiger charge is 2.23. The lowest BCUT2D eigenvalue weighted by Crippen LogP contribution is -2.36. The molecule has 4 rings (SSSR count). The lowest BCUT2D eigenvalue weighted by Gasteiger charge is -2.28. The third-order valence-electron chi connectivity index (χ3n) is 6.13. The molecule has 0 bridgehead atoms. The highest BCUT2D eigenvalue weighted by molar-refractivity contribution is 6.11. The molecule has 170 valence electrons. The van der Waals surface area contributed by atoms with Crippen molar-refractivity contribution in [3.63, 3.8) is 0 Å². The van der Waals surface area contributed by atoms with Crippen molar-refractivity contribution < 1.29 is 19.0 Å². The Balaban J connectivity index is 1.78. The summed E-state index contributed by atoms with van der Waals surface area (Å²) in [7, 11) is 0. The molecule has 1 atom stereocenters. The Morgan fingerprint density at radius 2 is 1.44 bits per heavy atom. The number of ether oxygens (including phenoxy) is 3. The van der Waals surface area contributed by atoms with Crippen molar-refractivity contribution in [2.45, 2.75) is 52.6 Å². The summed E-state index contributed by atoms with van der Waals surface area (Å²) in [4.78, 5) is 14.6. The lowest BCUT2D eigenvalue weighted by atomic mass is 9.96. The molecule has 1 aliphatic heterocycles. The average molecular weight is 436 g/mol. The second kappa shape index (κ2) is 10.1. The van der Waals surface area contributed by atoms with Gasteiger partial charge in [-0.05, 0) is 51.2 Å². The molecule has 1 unspecified atom stereocenters. The maximum Gasteiger partial charge on any atom is 0.410 e. The Morgan fingerprint density at radius 1 is 0.844 bits per heavy atom. The van der Waals surface area contributed by atoms with Gasteiger partial charge in [-0.15, -0.1) is 0 Å². The monoisotopic (exact) mass is 435 g/mol. The van der Waals surface area contributed by atoms with Crippen molar-refractivity contribution >= 4 is 27.6 Å². The predicted octanol–water partition coefficient (Wildman–Crippen LogP) is 6.86. The number of fused-ring (bicyclic) bond motifs is 2. The van der Waals surface area contributed by atoms with E-state index in [0.717, 1.165) is 64.5 Å². The molecule has 1 aliphatic rings. The number of benzene rings is 3. The van der Waals surface area contributed by atoms with Crippen molar-refractivity contribution in [1.82, 2.24) is 4.90 Å². The fourth-order valence-corrected chi connectivity index (χ4v) is 4.58. The summed E-state index contributed by atoms with van der Waals surface area (Å²) in [5.41, 5.74) is 0.976. The van der Waals surface area contributed by atoms with Crippen molar-refractivity contribution in [2.75, 3.05) is 26.3 Å². The minimum absolute atomic E-state index is 0.213. The third-order valence-corrected chi connectivity index (χ3v) is 6.13. The minimum Gasteiger partial charge on any atom is -0.493 e. The standard InChI is InChI=1S/C27H33NO4/c1-4-24(32-27(29)28-16-10-7-11-17-28)19-14-15-22-23(18-19)26(31-6-3)21-13-9-8-12-20(21)25(22)30-5-2/h8-9,12-15,18,24H,4-7,10-11,16-17H2,1-3H3. The van der Waals surface area contributed by atoms with Crippen LogP contribution < -0.4 is 9.47 Å². The molecule has 1 amide bonds. The van der Waals surface area contributed by atoms with Crippen molar-refractivity contribution in [2.24, 2.45) is 0 Å². The first-order valence-corrected chi connectivity index (χ1v) is 11.9. The summed E-state index contributed by atoms with van der Waals surface area (Å²) >= 11 is 0. The number of hydrogen-bond acceptors (Lipinski definition) is 4. The molecule has 32 heavy (non-hydrogen) atoms. The van der Waals surface area contributed by atoms with Gasteiger partial charge in [0.15, 0.2) is 0 Å². The van der Waals surface area contributed by atoms with E-state index in [4.69, 9.17) is 14.2 Å². The zero-order valence-electron chi connectivity index (χ0n) is 19.4. The molecule has 0 aromatic heterocycles. The van der Waals surface area contributed by atoms with E-state index in [0.29, 0.717) is 19.6 Å². The fourth-order valence-electron chi connectivity index (χ4n) is 4.58. The van der Waals surface area contributed by atoms with Crippen LogP contribution in [0.4, 0.5) is 4.79 Å². The summed E-state index contributed by atoms with van der Waals surface area (Å²) in [6.07, 6.45) is 3.48. The molecule has 3 aromatic carbocycles. The molecule has 0 radical (unpaired) electrons. The van der Waals surface area contributed by atoms with Gasteiger partial charge in [-0.3, -0.25) is 0 Å². The van der Waals surface area contributed by atoms with Gasteiger partial charge < -0.3 is 19.1 Å². The first kappa shape index (κ1) is 22.3. The zero-order valence-corrected chi connectivity index (χ0v) is 19.4. The summed E-state index contributed by atoms with van der Waals surface area (Å²) in [5.74, 6) is 1.71. The molecule has 5 nitrogen and oxygen atoms in total. The van der Waals surface area contributed by atoms with Crippen molar-refractivity contribution in [1.29, 1.82) is 0 Å². The molecule has 0 spiro atoms. The van der Waals surface area contributed by atoms with E-state index in [1.807, 2.05) is 43.9 Å². The summed E-state index contributed by atoms with van der Waals surface area (Å²) in [6.45, 7) is 8.76. The lowest BCUT2D eigenvalue weighted by molar-refractivity contribution is 0.0555.